The molecule has 0 aromatic heterocycles. The van der Waals surface area contributed by atoms with Crippen molar-refractivity contribution in [3.8, 4) is 0 Å². The van der Waals surface area contributed by atoms with E-state index < -0.39 is 0 Å². The summed E-state index contributed by atoms with van der Waals surface area (Å²) in [7, 11) is 0. The molecular weight excluding hydrogens is 254 g/mol. The molecule has 0 aliphatic carbocycles. The SMILES string of the molecule is CCCNC(C)c1ccc(SCCOCCC)cc1. The van der Waals surface area contributed by atoms with E-state index in [0.717, 1.165) is 31.9 Å². The van der Waals surface area contributed by atoms with Crippen LogP contribution in [0.1, 0.15) is 45.2 Å². The summed E-state index contributed by atoms with van der Waals surface area (Å²) in [6, 6.07) is 9.31. The average Bonchev–Trinajstić information content (AvgIpc) is 2.45. The Morgan fingerprint density at radius 2 is 1.84 bits per heavy atom. The van der Waals surface area contributed by atoms with E-state index in [-0.39, 0.29) is 0 Å². The Labute approximate surface area is 122 Å². The van der Waals surface area contributed by atoms with E-state index in [9.17, 15) is 0 Å². The fourth-order valence-electron chi connectivity index (χ4n) is 1.80. The number of hydrogen-bond acceptors (Lipinski definition) is 3. The van der Waals surface area contributed by atoms with Crippen molar-refractivity contribution in [2.45, 2.75) is 44.6 Å². The first-order valence-corrected chi connectivity index (χ1v) is 8.30. The molecule has 1 rings (SSSR count). The molecule has 1 aromatic rings. The van der Waals surface area contributed by atoms with Gasteiger partial charge >= 0.3 is 0 Å². The van der Waals surface area contributed by atoms with Crippen molar-refractivity contribution in [2.75, 3.05) is 25.5 Å². The maximum atomic E-state index is 5.48. The average molecular weight is 281 g/mol. The van der Waals surface area contributed by atoms with Crippen molar-refractivity contribution in [3.05, 3.63) is 29.8 Å². The number of nitrogens with one attached hydrogen (secondary N) is 1. The lowest BCUT2D eigenvalue weighted by Gasteiger charge is -2.14. The van der Waals surface area contributed by atoms with Crippen molar-refractivity contribution in [1.29, 1.82) is 0 Å². The van der Waals surface area contributed by atoms with Gasteiger partial charge in [0.05, 0.1) is 6.61 Å². The third-order valence-electron chi connectivity index (χ3n) is 2.93. The van der Waals surface area contributed by atoms with Crippen molar-refractivity contribution in [2.24, 2.45) is 0 Å². The summed E-state index contributed by atoms with van der Waals surface area (Å²) in [5.41, 5.74) is 1.36. The van der Waals surface area contributed by atoms with Gasteiger partial charge in [-0.3, -0.25) is 0 Å². The van der Waals surface area contributed by atoms with Gasteiger partial charge in [-0.05, 0) is 44.0 Å². The van der Waals surface area contributed by atoms with Crippen molar-refractivity contribution in [3.63, 3.8) is 0 Å². The maximum absolute atomic E-state index is 5.48. The molecule has 1 aromatic carbocycles. The topological polar surface area (TPSA) is 21.3 Å². The molecule has 0 bridgehead atoms. The van der Waals surface area contributed by atoms with Crippen molar-refractivity contribution >= 4 is 11.8 Å². The Hall–Kier alpha value is -0.510. The third-order valence-corrected chi connectivity index (χ3v) is 3.90. The van der Waals surface area contributed by atoms with Crippen LogP contribution in [0.3, 0.4) is 0 Å². The molecule has 0 aliphatic rings. The molecule has 0 saturated carbocycles. The molecule has 1 N–H and O–H groups in total. The Kier molecular flexibility index (Phi) is 8.97. The van der Waals surface area contributed by atoms with Gasteiger partial charge in [-0.25, -0.2) is 0 Å². The van der Waals surface area contributed by atoms with E-state index in [1.807, 2.05) is 11.8 Å². The molecule has 0 spiro atoms. The molecule has 19 heavy (non-hydrogen) atoms. The van der Waals surface area contributed by atoms with Crippen LogP contribution in [0, 0.1) is 0 Å². The molecule has 0 amide bonds. The van der Waals surface area contributed by atoms with E-state index in [4.69, 9.17) is 4.74 Å². The van der Waals surface area contributed by atoms with Crippen LogP contribution in [-0.4, -0.2) is 25.5 Å². The van der Waals surface area contributed by atoms with Gasteiger partial charge in [-0.15, -0.1) is 11.8 Å². The van der Waals surface area contributed by atoms with Crippen LogP contribution in [0.5, 0.6) is 0 Å². The van der Waals surface area contributed by atoms with Crippen LogP contribution in [0.25, 0.3) is 0 Å². The second kappa shape index (κ2) is 10.3. The lowest BCUT2D eigenvalue weighted by Crippen LogP contribution is -2.19. The summed E-state index contributed by atoms with van der Waals surface area (Å²) in [5.74, 6) is 1.03. The van der Waals surface area contributed by atoms with Crippen molar-refractivity contribution < 1.29 is 4.74 Å². The quantitative estimate of drug-likeness (QED) is 0.511. The number of ether oxygens (including phenoxy) is 1. The standard InChI is InChI=1S/C16H27NOS/c1-4-10-17-14(3)15-6-8-16(9-7-15)19-13-12-18-11-5-2/h6-9,14,17H,4-5,10-13H2,1-3H3. The van der Waals surface area contributed by atoms with Gasteiger partial charge in [0.1, 0.15) is 0 Å². The normalized spacial score (nSPS) is 12.6. The Morgan fingerprint density at radius 1 is 1.11 bits per heavy atom. The molecule has 0 heterocycles. The molecule has 0 radical (unpaired) electrons. The second-order valence-electron chi connectivity index (χ2n) is 4.71. The fourth-order valence-corrected chi connectivity index (χ4v) is 2.56. The maximum Gasteiger partial charge on any atom is 0.0560 e. The number of hydrogen-bond donors (Lipinski definition) is 1. The zero-order valence-electron chi connectivity index (χ0n) is 12.4. The minimum absolute atomic E-state index is 0.437. The Balaban J connectivity index is 2.30. The summed E-state index contributed by atoms with van der Waals surface area (Å²) in [6.07, 6.45) is 2.28. The predicted molar refractivity (Wildman–Crippen MR) is 85.0 cm³/mol. The highest BCUT2D eigenvalue weighted by Gasteiger charge is 2.03. The molecule has 1 unspecified atom stereocenters. The second-order valence-corrected chi connectivity index (χ2v) is 5.87. The summed E-state index contributed by atoms with van der Waals surface area (Å²) in [6.45, 7) is 9.34. The fraction of sp³-hybridized carbons (Fsp3) is 0.625. The molecular formula is C16H27NOS. The first kappa shape index (κ1) is 16.5. The first-order valence-electron chi connectivity index (χ1n) is 7.31. The van der Waals surface area contributed by atoms with Crippen molar-refractivity contribution in [1.82, 2.24) is 5.32 Å². The van der Waals surface area contributed by atoms with Gasteiger partial charge in [0, 0.05) is 23.3 Å². The van der Waals surface area contributed by atoms with Crippen LogP contribution in [-0.2, 0) is 4.74 Å². The van der Waals surface area contributed by atoms with E-state index in [1.165, 1.54) is 16.9 Å². The van der Waals surface area contributed by atoms with Gasteiger partial charge in [-0.2, -0.15) is 0 Å². The van der Waals surface area contributed by atoms with Gasteiger partial charge in [-0.1, -0.05) is 26.0 Å². The minimum Gasteiger partial charge on any atom is -0.381 e. The predicted octanol–water partition coefficient (Wildman–Crippen LogP) is 4.27. The Bertz CT molecular complexity index is 326. The van der Waals surface area contributed by atoms with Gasteiger partial charge in [0.25, 0.3) is 0 Å². The molecule has 3 heteroatoms. The van der Waals surface area contributed by atoms with Crippen LogP contribution >= 0.6 is 11.8 Å². The van der Waals surface area contributed by atoms with E-state index in [1.54, 1.807) is 0 Å². The molecule has 1 atom stereocenters. The molecule has 0 fully saturated rings. The molecule has 0 aliphatic heterocycles. The lowest BCUT2D eigenvalue weighted by molar-refractivity contribution is 0.151. The number of benzene rings is 1. The van der Waals surface area contributed by atoms with Gasteiger partial charge < -0.3 is 10.1 Å². The molecule has 108 valence electrons. The first-order chi connectivity index (χ1) is 9.27. The van der Waals surface area contributed by atoms with Crippen LogP contribution < -0.4 is 5.32 Å². The highest BCUT2D eigenvalue weighted by molar-refractivity contribution is 7.99. The van der Waals surface area contributed by atoms with Gasteiger partial charge in [0.2, 0.25) is 0 Å². The summed E-state index contributed by atoms with van der Waals surface area (Å²) in [5, 5.41) is 3.51. The van der Waals surface area contributed by atoms with Crippen LogP contribution in [0.15, 0.2) is 29.2 Å². The summed E-state index contributed by atoms with van der Waals surface area (Å²) in [4.78, 5) is 1.33. The zero-order valence-corrected chi connectivity index (χ0v) is 13.3. The monoisotopic (exact) mass is 281 g/mol. The summed E-state index contributed by atoms with van der Waals surface area (Å²) < 4.78 is 5.48. The van der Waals surface area contributed by atoms with Gasteiger partial charge in [0.15, 0.2) is 0 Å². The van der Waals surface area contributed by atoms with E-state index in [0.29, 0.717) is 6.04 Å². The lowest BCUT2D eigenvalue weighted by atomic mass is 10.1. The molecule has 2 nitrogen and oxygen atoms in total. The van der Waals surface area contributed by atoms with E-state index >= 15 is 0 Å². The van der Waals surface area contributed by atoms with Crippen LogP contribution in [0.4, 0.5) is 0 Å². The number of rotatable bonds is 10. The largest absolute Gasteiger partial charge is 0.381 e. The summed E-state index contributed by atoms with van der Waals surface area (Å²) >= 11 is 1.86. The highest BCUT2D eigenvalue weighted by atomic mass is 32.2. The minimum atomic E-state index is 0.437. The Morgan fingerprint density at radius 3 is 2.47 bits per heavy atom. The van der Waals surface area contributed by atoms with Crippen LogP contribution in [0.2, 0.25) is 0 Å². The highest BCUT2D eigenvalue weighted by Crippen LogP contribution is 2.21. The smallest absolute Gasteiger partial charge is 0.0560 e. The third kappa shape index (κ3) is 7.00. The van der Waals surface area contributed by atoms with E-state index in [2.05, 4.69) is 50.4 Å². The number of thioether (sulfide) groups is 1. The zero-order chi connectivity index (χ0) is 13.9. The molecule has 0 saturated heterocycles.